The maximum absolute atomic E-state index is 12.8. The second-order valence-corrected chi connectivity index (χ2v) is 7.41. The molecule has 1 saturated carbocycles. The summed E-state index contributed by atoms with van der Waals surface area (Å²) in [7, 11) is 1.63. The molecule has 1 unspecified atom stereocenters. The highest BCUT2D eigenvalue weighted by atomic mass is 32.1. The molecular weight excluding hydrogens is 334 g/mol. The molecule has 0 aliphatic heterocycles. The number of methoxy groups -OCH3 is 1. The van der Waals surface area contributed by atoms with Crippen LogP contribution in [-0.2, 0) is 16.0 Å². The zero-order valence-corrected chi connectivity index (χ0v) is 15.7. The zero-order chi connectivity index (χ0) is 18.0. The number of carbonyl (C=O) groups excluding carboxylic acids is 2. The zero-order valence-electron chi connectivity index (χ0n) is 14.9. The third kappa shape index (κ3) is 3.25. The molecule has 2 aromatic rings. The Morgan fingerprint density at radius 3 is 2.68 bits per heavy atom. The molecule has 0 saturated heterocycles. The summed E-state index contributed by atoms with van der Waals surface area (Å²) in [4.78, 5) is 31.1. The lowest BCUT2D eigenvalue weighted by Crippen LogP contribution is -2.34. The van der Waals surface area contributed by atoms with Gasteiger partial charge in [-0.15, -0.1) is 11.3 Å². The summed E-state index contributed by atoms with van der Waals surface area (Å²) in [6, 6.07) is 7.71. The SMILES string of the molecule is CCc1sc(-c2ccccc2OC)nc1C1C(=O)CC[C@H](CC)C1=O. The highest BCUT2D eigenvalue weighted by Crippen LogP contribution is 2.40. The van der Waals surface area contributed by atoms with Crippen molar-refractivity contribution in [1.29, 1.82) is 0 Å². The van der Waals surface area contributed by atoms with Crippen molar-refractivity contribution in [2.45, 2.75) is 45.4 Å². The molecule has 1 aliphatic carbocycles. The van der Waals surface area contributed by atoms with Crippen LogP contribution in [0.1, 0.15) is 49.6 Å². The molecule has 1 aromatic heterocycles. The number of aryl methyl sites for hydroxylation is 1. The van der Waals surface area contributed by atoms with Gasteiger partial charge in [-0.25, -0.2) is 4.98 Å². The number of ether oxygens (including phenoxy) is 1. The Kier molecular flexibility index (Phi) is 5.33. The predicted molar refractivity (Wildman–Crippen MR) is 99.3 cm³/mol. The fraction of sp³-hybridized carbons (Fsp3) is 0.450. The molecule has 1 aliphatic rings. The molecule has 132 valence electrons. The van der Waals surface area contributed by atoms with Crippen LogP contribution in [0.3, 0.4) is 0 Å². The molecule has 0 N–H and O–H groups in total. The van der Waals surface area contributed by atoms with Crippen molar-refractivity contribution < 1.29 is 14.3 Å². The van der Waals surface area contributed by atoms with Gasteiger partial charge in [0.2, 0.25) is 0 Å². The first kappa shape index (κ1) is 17.8. The van der Waals surface area contributed by atoms with Gasteiger partial charge in [-0.3, -0.25) is 9.59 Å². The minimum Gasteiger partial charge on any atom is -0.496 e. The molecule has 0 spiro atoms. The molecule has 25 heavy (non-hydrogen) atoms. The molecule has 5 heteroatoms. The number of Topliss-reactive ketones (excluding diaryl/α,β-unsaturated/α-hetero) is 2. The summed E-state index contributed by atoms with van der Waals surface area (Å²) in [6.07, 6.45) is 2.69. The van der Waals surface area contributed by atoms with Gasteiger partial charge in [-0.2, -0.15) is 0 Å². The first-order valence-corrected chi connectivity index (χ1v) is 9.61. The van der Waals surface area contributed by atoms with E-state index in [0.717, 1.165) is 34.0 Å². The van der Waals surface area contributed by atoms with Crippen LogP contribution in [-0.4, -0.2) is 23.7 Å². The summed E-state index contributed by atoms with van der Waals surface area (Å²) >= 11 is 1.55. The van der Waals surface area contributed by atoms with Crippen molar-refractivity contribution in [3.8, 4) is 16.3 Å². The van der Waals surface area contributed by atoms with Gasteiger partial charge in [0, 0.05) is 17.2 Å². The van der Waals surface area contributed by atoms with Crippen molar-refractivity contribution in [2.75, 3.05) is 7.11 Å². The molecule has 1 aromatic carbocycles. The topological polar surface area (TPSA) is 56.3 Å². The summed E-state index contributed by atoms with van der Waals surface area (Å²) in [5.74, 6) is 0.0990. The Balaban J connectivity index is 2.06. The number of thiazole rings is 1. The number of hydrogen-bond acceptors (Lipinski definition) is 5. The fourth-order valence-electron chi connectivity index (χ4n) is 3.47. The Labute approximate surface area is 152 Å². The number of carbonyl (C=O) groups is 2. The number of ketones is 2. The van der Waals surface area contributed by atoms with Crippen molar-refractivity contribution in [3.63, 3.8) is 0 Å². The van der Waals surface area contributed by atoms with Crippen molar-refractivity contribution in [2.24, 2.45) is 5.92 Å². The number of benzene rings is 1. The monoisotopic (exact) mass is 357 g/mol. The lowest BCUT2D eigenvalue weighted by molar-refractivity contribution is -0.135. The van der Waals surface area contributed by atoms with Crippen LogP contribution in [0, 0.1) is 5.92 Å². The molecule has 1 heterocycles. The van der Waals surface area contributed by atoms with Crippen LogP contribution in [0.15, 0.2) is 24.3 Å². The second-order valence-electron chi connectivity index (χ2n) is 6.33. The summed E-state index contributed by atoms with van der Waals surface area (Å²) in [5.41, 5.74) is 1.57. The number of aromatic nitrogens is 1. The lowest BCUT2D eigenvalue weighted by atomic mass is 9.76. The van der Waals surface area contributed by atoms with E-state index in [4.69, 9.17) is 9.72 Å². The lowest BCUT2D eigenvalue weighted by Gasteiger charge is -2.25. The van der Waals surface area contributed by atoms with E-state index in [1.54, 1.807) is 18.4 Å². The van der Waals surface area contributed by atoms with Gasteiger partial charge in [0.15, 0.2) is 5.78 Å². The minimum absolute atomic E-state index is 0.0151. The highest BCUT2D eigenvalue weighted by Gasteiger charge is 2.40. The van der Waals surface area contributed by atoms with Gasteiger partial charge < -0.3 is 4.74 Å². The van der Waals surface area contributed by atoms with Gasteiger partial charge in [0.05, 0.1) is 18.4 Å². The van der Waals surface area contributed by atoms with Crippen LogP contribution in [0.5, 0.6) is 5.75 Å². The summed E-state index contributed by atoms with van der Waals surface area (Å²) in [5, 5.41) is 0.809. The maximum atomic E-state index is 12.8. The van der Waals surface area contributed by atoms with Crippen molar-refractivity contribution in [3.05, 3.63) is 34.8 Å². The van der Waals surface area contributed by atoms with Gasteiger partial charge in [0.1, 0.15) is 22.5 Å². The van der Waals surface area contributed by atoms with E-state index in [1.807, 2.05) is 38.1 Å². The molecule has 0 amide bonds. The average Bonchev–Trinajstić information content (AvgIpc) is 3.05. The number of para-hydroxylation sites is 1. The first-order chi connectivity index (χ1) is 12.1. The fourth-order valence-corrected chi connectivity index (χ4v) is 4.54. The molecule has 1 fully saturated rings. The van der Waals surface area contributed by atoms with Crippen LogP contribution < -0.4 is 4.74 Å². The van der Waals surface area contributed by atoms with Gasteiger partial charge in [-0.05, 0) is 31.4 Å². The predicted octanol–water partition coefficient (Wildman–Crippen LogP) is 4.42. The molecule has 2 atom stereocenters. The first-order valence-electron chi connectivity index (χ1n) is 8.80. The molecule has 0 radical (unpaired) electrons. The Hall–Kier alpha value is -2.01. The Bertz CT molecular complexity index is 796. The third-order valence-corrected chi connectivity index (χ3v) is 6.15. The van der Waals surface area contributed by atoms with Crippen LogP contribution in [0.4, 0.5) is 0 Å². The second kappa shape index (κ2) is 7.48. The quantitative estimate of drug-likeness (QED) is 0.743. The number of hydrogen-bond donors (Lipinski definition) is 0. The smallest absolute Gasteiger partial charge is 0.152 e. The Morgan fingerprint density at radius 1 is 1.24 bits per heavy atom. The van der Waals surface area contributed by atoms with Crippen LogP contribution in [0.2, 0.25) is 0 Å². The van der Waals surface area contributed by atoms with Gasteiger partial charge in [-0.1, -0.05) is 26.0 Å². The Morgan fingerprint density at radius 2 is 2.00 bits per heavy atom. The molecule has 3 rings (SSSR count). The van der Waals surface area contributed by atoms with E-state index in [2.05, 4.69) is 0 Å². The van der Waals surface area contributed by atoms with E-state index in [9.17, 15) is 9.59 Å². The van der Waals surface area contributed by atoms with Gasteiger partial charge in [0.25, 0.3) is 0 Å². The minimum atomic E-state index is -0.687. The normalized spacial score (nSPS) is 20.8. The van der Waals surface area contributed by atoms with Crippen LogP contribution in [0.25, 0.3) is 10.6 Å². The average molecular weight is 357 g/mol. The largest absolute Gasteiger partial charge is 0.496 e. The molecule has 0 bridgehead atoms. The van der Waals surface area contributed by atoms with E-state index in [-0.39, 0.29) is 17.5 Å². The maximum Gasteiger partial charge on any atom is 0.152 e. The summed E-state index contributed by atoms with van der Waals surface area (Å²) < 4.78 is 5.44. The van der Waals surface area contributed by atoms with E-state index < -0.39 is 5.92 Å². The summed E-state index contributed by atoms with van der Waals surface area (Å²) in [6.45, 7) is 4.05. The highest BCUT2D eigenvalue weighted by molar-refractivity contribution is 7.15. The molecule has 4 nitrogen and oxygen atoms in total. The van der Waals surface area contributed by atoms with Crippen LogP contribution >= 0.6 is 11.3 Å². The number of nitrogens with zero attached hydrogens (tertiary/aromatic N) is 1. The van der Waals surface area contributed by atoms with E-state index in [0.29, 0.717) is 18.5 Å². The third-order valence-electron chi connectivity index (χ3n) is 4.90. The van der Waals surface area contributed by atoms with Gasteiger partial charge >= 0.3 is 0 Å². The van der Waals surface area contributed by atoms with E-state index >= 15 is 0 Å². The van der Waals surface area contributed by atoms with Crippen molar-refractivity contribution in [1.82, 2.24) is 4.98 Å². The standard InChI is InChI=1S/C20H23NO3S/c1-4-12-10-11-14(22)17(19(12)23)18-16(5-2)25-20(21-18)13-8-6-7-9-15(13)24-3/h6-9,12,17H,4-5,10-11H2,1-3H3/t12-,17?/m0/s1. The molecular formula is C20H23NO3S. The van der Waals surface area contributed by atoms with Crippen molar-refractivity contribution >= 4 is 22.9 Å². The number of rotatable bonds is 5. The van der Waals surface area contributed by atoms with E-state index in [1.165, 1.54) is 0 Å².